The molecule has 0 spiro atoms. The lowest BCUT2D eigenvalue weighted by molar-refractivity contribution is -0.117. The molecule has 96 valence electrons. The third kappa shape index (κ3) is 3.49. The van der Waals surface area contributed by atoms with Crippen molar-refractivity contribution in [2.24, 2.45) is 0 Å². The molecule has 1 aromatic carbocycles. The van der Waals surface area contributed by atoms with Crippen molar-refractivity contribution in [1.82, 2.24) is 21.5 Å². The molecule has 1 fully saturated rings. The van der Waals surface area contributed by atoms with Crippen molar-refractivity contribution < 1.29 is 4.79 Å². The highest BCUT2D eigenvalue weighted by Crippen LogP contribution is 2.20. The summed E-state index contributed by atoms with van der Waals surface area (Å²) in [5, 5.41) is 5.92. The van der Waals surface area contributed by atoms with E-state index in [9.17, 15) is 4.79 Å². The Morgan fingerprint density at radius 2 is 2.06 bits per heavy atom. The van der Waals surface area contributed by atoms with Gasteiger partial charge in [-0.25, -0.2) is 10.9 Å². The van der Waals surface area contributed by atoms with E-state index in [1.54, 1.807) is 0 Å². The molecule has 2 atom stereocenters. The Hall–Kier alpha value is -1.50. The van der Waals surface area contributed by atoms with Crippen molar-refractivity contribution in [1.29, 1.82) is 0 Å². The molecule has 0 radical (unpaired) electrons. The normalized spacial score (nSPS) is 22.5. The van der Waals surface area contributed by atoms with E-state index in [-0.39, 0.29) is 18.1 Å². The molecule has 6 heteroatoms. The molecule has 0 bridgehead atoms. The monoisotopic (exact) mass is 264 g/mol. The SMILES string of the molecule is CC(=O)NC(=S)NC1CC(c2ccccc2)NN1. The lowest BCUT2D eigenvalue weighted by Crippen LogP contribution is -2.49. The van der Waals surface area contributed by atoms with Crippen LogP contribution in [0.15, 0.2) is 30.3 Å². The number of rotatable bonds is 2. The smallest absolute Gasteiger partial charge is 0.222 e. The van der Waals surface area contributed by atoms with Crippen LogP contribution in [0.5, 0.6) is 0 Å². The fraction of sp³-hybridized carbons (Fsp3) is 0.333. The summed E-state index contributed by atoms with van der Waals surface area (Å²) in [4.78, 5) is 10.8. The molecule has 4 N–H and O–H groups in total. The minimum atomic E-state index is -0.168. The van der Waals surface area contributed by atoms with Crippen LogP contribution in [-0.4, -0.2) is 17.2 Å². The summed E-state index contributed by atoms with van der Waals surface area (Å²) < 4.78 is 0. The Morgan fingerprint density at radius 1 is 1.33 bits per heavy atom. The summed E-state index contributed by atoms with van der Waals surface area (Å²) in [6.07, 6.45) is 0.860. The molecule has 1 aliphatic rings. The molecule has 2 rings (SSSR count). The lowest BCUT2D eigenvalue weighted by atomic mass is 10.0. The second-order valence-corrected chi connectivity index (χ2v) is 4.60. The molecule has 18 heavy (non-hydrogen) atoms. The number of hydrogen-bond donors (Lipinski definition) is 4. The Balaban J connectivity index is 1.85. The molecule has 0 aromatic heterocycles. The molecule has 0 aliphatic carbocycles. The van der Waals surface area contributed by atoms with Gasteiger partial charge in [-0.15, -0.1) is 0 Å². The first-order valence-electron chi connectivity index (χ1n) is 5.79. The van der Waals surface area contributed by atoms with E-state index in [0.717, 1.165) is 6.42 Å². The maximum Gasteiger partial charge on any atom is 0.222 e. The molecule has 1 heterocycles. The third-order valence-electron chi connectivity index (χ3n) is 2.70. The lowest BCUT2D eigenvalue weighted by Gasteiger charge is -2.14. The highest BCUT2D eigenvalue weighted by atomic mass is 32.1. The van der Waals surface area contributed by atoms with Gasteiger partial charge in [0, 0.05) is 19.4 Å². The third-order valence-corrected chi connectivity index (χ3v) is 2.92. The van der Waals surface area contributed by atoms with Gasteiger partial charge in [0.05, 0.1) is 6.17 Å². The van der Waals surface area contributed by atoms with Gasteiger partial charge in [-0.05, 0) is 17.8 Å². The van der Waals surface area contributed by atoms with Crippen LogP contribution in [0.1, 0.15) is 24.9 Å². The van der Waals surface area contributed by atoms with Crippen molar-refractivity contribution in [2.75, 3.05) is 0 Å². The fourth-order valence-electron chi connectivity index (χ4n) is 1.91. The summed E-state index contributed by atoms with van der Waals surface area (Å²) in [6, 6.07) is 10.4. The zero-order valence-electron chi connectivity index (χ0n) is 10.1. The molecule has 5 nitrogen and oxygen atoms in total. The average molecular weight is 264 g/mol. The topological polar surface area (TPSA) is 65.2 Å². The number of hydrogen-bond acceptors (Lipinski definition) is 4. The van der Waals surface area contributed by atoms with Crippen molar-refractivity contribution in [3.63, 3.8) is 0 Å². The molecule has 2 unspecified atom stereocenters. The van der Waals surface area contributed by atoms with Gasteiger partial charge >= 0.3 is 0 Å². The predicted octanol–water partition coefficient (Wildman–Crippen LogP) is 0.562. The number of carbonyl (C=O) groups excluding carboxylic acids is 1. The second-order valence-electron chi connectivity index (χ2n) is 4.19. The van der Waals surface area contributed by atoms with Crippen molar-refractivity contribution in [3.05, 3.63) is 35.9 Å². The van der Waals surface area contributed by atoms with E-state index in [2.05, 4.69) is 33.6 Å². The van der Waals surface area contributed by atoms with Crippen LogP contribution in [0.2, 0.25) is 0 Å². The van der Waals surface area contributed by atoms with Gasteiger partial charge < -0.3 is 10.6 Å². The van der Waals surface area contributed by atoms with Gasteiger partial charge in [0.25, 0.3) is 0 Å². The molecule has 1 aromatic rings. The molecule has 1 amide bonds. The minimum Gasteiger partial charge on any atom is -0.346 e. The Bertz CT molecular complexity index is 437. The van der Waals surface area contributed by atoms with Crippen LogP contribution in [0, 0.1) is 0 Å². The Labute approximate surface area is 111 Å². The standard InChI is InChI=1S/C12H16N4OS/c1-8(17)13-12(18)14-11-7-10(15-16-11)9-5-3-2-4-6-9/h2-6,10-11,15-16H,7H2,1H3,(H2,13,14,17,18). The first kappa shape index (κ1) is 12.9. The van der Waals surface area contributed by atoms with Crippen molar-refractivity contribution in [2.45, 2.75) is 25.6 Å². The van der Waals surface area contributed by atoms with E-state index in [1.165, 1.54) is 12.5 Å². The van der Waals surface area contributed by atoms with E-state index in [0.29, 0.717) is 5.11 Å². The number of benzene rings is 1. The number of amides is 1. The summed E-state index contributed by atoms with van der Waals surface area (Å²) in [5.41, 5.74) is 7.53. The van der Waals surface area contributed by atoms with E-state index >= 15 is 0 Å². The zero-order chi connectivity index (χ0) is 13.0. The van der Waals surface area contributed by atoms with Crippen LogP contribution in [0.4, 0.5) is 0 Å². The van der Waals surface area contributed by atoms with Gasteiger partial charge in [-0.1, -0.05) is 30.3 Å². The maximum absolute atomic E-state index is 10.8. The number of nitrogens with one attached hydrogen (secondary N) is 4. The summed E-state index contributed by atoms with van der Waals surface area (Å²) >= 11 is 5.01. The average Bonchev–Trinajstić information content (AvgIpc) is 2.77. The van der Waals surface area contributed by atoms with Gasteiger partial charge in [0.1, 0.15) is 0 Å². The fourth-order valence-corrected chi connectivity index (χ4v) is 2.19. The molecular formula is C12H16N4OS. The van der Waals surface area contributed by atoms with Gasteiger partial charge in [0.2, 0.25) is 5.91 Å². The molecule has 1 aliphatic heterocycles. The van der Waals surface area contributed by atoms with Crippen molar-refractivity contribution in [3.8, 4) is 0 Å². The number of hydrazine groups is 1. The second kappa shape index (κ2) is 5.90. The molecule has 0 saturated carbocycles. The van der Waals surface area contributed by atoms with E-state index in [1.807, 2.05) is 18.2 Å². The summed E-state index contributed by atoms with van der Waals surface area (Å²) in [5.74, 6) is -0.168. The van der Waals surface area contributed by atoms with Crippen molar-refractivity contribution >= 4 is 23.2 Å². The number of thiocarbonyl (C=S) groups is 1. The quantitative estimate of drug-likeness (QED) is 0.588. The Kier molecular flexibility index (Phi) is 4.24. The largest absolute Gasteiger partial charge is 0.346 e. The highest BCUT2D eigenvalue weighted by molar-refractivity contribution is 7.80. The van der Waals surface area contributed by atoms with Gasteiger partial charge in [-0.2, -0.15) is 0 Å². The maximum atomic E-state index is 10.8. The predicted molar refractivity (Wildman–Crippen MR) is 73.4 cm³/mol. The first-order chi connectivity index (χ1) is 8.65. The Morgan fingerprint density at radius 3 is 2.72 bits per heavy atom. The minimum absolute atomic E-state index is 0.00885. The summed E-state index contributed by atoms with van der Waals surface area (Å²) in [6.45, 7) is 1.43. The van der Waals surface area contributed by atoms with Crippen LogP contribution in [0.25, 0.3) is 0 Å². The molecule has 1 saturated heterocycles. The van der Waals surface area contributed by atoms with E-state index in [4.69, 9.17) is 12.2 Å². The molecular weight excluding hydrogens is 248 g/mol. The van der Waals surface area contributed by atoms with Crippen LogP contribution in [0.3, 0.4) is 0 Å². The highest BCUT2D eigenvalue weighted by Gasteiger charge is 2.25. The summed E-state index contributed by atoms with van der Waals surface area (Å²) in [7, 11) is 0. The van der Waals surface area contributed by atoms with Crippen LogP contribution < -0.4 is 21.5 Å². The van der Waals surface area contributed by atoms with E-state index < -0.39 is 0 Å². The van der Waals surface area contributed by atoms with Crippen LogP contribution >= 0.6 is 12.2 Å². The zero-order valence-corrected chi connectivity index (χ0v) is 10.9. The van der Waals surface area contributed by atoms with Crippen LogP contribution in [-0.2, 0) is 4.79 Å². The van der Waals surface area contributed by atoms with Gasteiger partial charge in [-0.3, -0.25) is 4.79 Å². The number of carbonyl (C=O) groups is 1. The van der Waals surface area contributed by atoms with Gasteiger partial charge in [0.15, 0.2) is 5.11 Å². The first-order valence-corrected chi connectivity index (χ1v) is 6.20.